The predicted octanol–water partition coefficient (Wildman–Crippen LogP) is 2.94. The minimum atomic E-state index is -0.0184. The van der Waals surface area contributed by atoms with Gasteiger partial charge in [-0.3, -0.25) is 9.69 Å². The zero-order chi connectivity index (χ0) is 17.6. The second-order valence-electron chi connectivity index (χ2n) is 6.43. The molecular weight excluding hydrogens is 354 g/mol. The van der Waals surface area contributed by atoms with E-state index in [0.717, 1.165) is 57.8 Å². The van der Waals surface area contributed by atoms with Gasteiger partial charge in [0, 0.05) is 42.6 Å². The lowest BCUT2D eigenvalue weighted by Gasteiger charge is -2.37. The average molecular weight is 376 g/mol. The summed E-state index contributed by atoms with van der Waals surface area (Å²) in [6.45, 7) is 9.92. The maximum Gasteiger partial charge on any atom is 0.259 e. The number of nitrogens with zero attached hydrogens (tertiary/aromatic N) is 4. The Bertz CT molecular complexity index is 938. The fourth-order valence-corrected chi connectivity index (χ4v) is 5.05. The smallest absolute Gasteiger partial charge is 0.259 e. The van der Waals surface area contributed by atoms with Crippen LogP contribution in [0.25, 0.3) is 10.2 Å². The Balaban J connectivity index is 1.54. The molecule has 1 N–H and O–H groups in total. The first-order chi connectivity index (χ1) is 12.0. The highest BCUT2D eigenvalue weighted by atomic mass is 32.1. The van der Waals surface area contributed by atoms with Crippen molar-refractivity contribution >= 4 is 38.0 Å². The minimum absolute atomic E-state index is 0.0184. The molecule has 0 radical (unpaired) electrons. The van der Waals surface area contributed by atoms with Gasteiger partial charge >= 0.3 is 0 Å². The molecule has 8 heteroatoms. The number of anilines is 1. The van der Waals surface area contributed by atoms with Gasteiger partial charge in [-0.2, -0.15) is 0 Å². The lowest BCUT2D eigenvalue weighted by atomic mass is 10.2. The molecule has 25 heavy (non-hydrogen) atoms. The second kappa shape index (κ2) is 6.51. The standard InChI is InChI=1S/C17H21N5OS2/c1-10-12(3)25-16-13(10)15(23)19-14(20-16)11(2)21-5-7-22(8-6-21)17-18-4-9-24-17/h4,9,11H,5-8H2,1-3H3,(H,19,20,23)/t11-/m0/s1. The quantitative estimate of drug-likeness (QED) is 0.762. The number of piperazine rings is 1. The molecular formula is C17H21N5OS2. The summed E-state index contributed by atoms with van der Waals surface area (Å²) in [5, 5.41) is 3.84. The molecule has 4 rings (SSSR count). The van der Waals surface area contributed by atoms with Gasteiger partial charge in [0.15, 0.2) is 5.13 Å². The molecule has 1 aliphatic rings. The summed E-state index contributed by atoms with van der Waals surface area (Å²) < 4.78 is 0. The summed E-state index contributed by atoms with van der Waals surface area (Å²) in [5.41, 5.74) is 1.03. The second-order valence-corrected chi connectivity index (χ2v) is 8.50. The number of hydrogen-bond acceptors (Lipinski definition) is 7. The number of aromatic nitrogens is 3. The SMILES string of the molecule is Cc1sc2nc([C@H](C)N3CCN(c4nccs4)CC3)[nH]c(=O)c2c1C. The molecule has 3 aromatic heterocycles. The Labute approximate surface area is 154 Å². The molecule has 1 atom stereocenters. The summed E-state index contributed by atoms with van der Waals surface area (Å²) in [5.74, 6) is 0.765. The Morgan fingerprint density at radius 3 is 2.68 bits per heavy atom. The minimum Gasteiger partial charge on any atom is -0.346 e. The molecule has 0 saturated carbocycles. The van der Waals surface area contributed by atoms with E-state index in [9.17, 15) is 4.79 Å². The van der Waals surface area contributed by atoms with Crippen LogP contribution in [0.15, 0.2) is 16.4 Å². The fraction of sp³-hybridized carbons (Fsp3) is 0.471. The molecule has 0 aliphatic carbocycles. The van der Waals surface area contributed by atoms with Gasteiger partial charge in [0.1, 0.15) is 10.7 Å². The molecule has 3 aromatic rings. The molecule has 0 bridgehead atoms. The van der Waals surface area contributed by atoms with Crippen molar-refractivity contribution in [1.82, 2.24) is 19.9 Å². The van der Waals surface area contributed by atoms with E-state index in [1.54, 1.807) is 22.7 Å². The van der Waals surface area contributed by atoms with E-state index in [2.05, 4.69) is 26.7 Å². The van der Waals surface area contributed by atoms with E-state index in [4.69, 9.17) is 4.98 Å². The van der Waals surface area contributed by atoms with Crippen molar-refractivity contribution in [3.8, 4) is 0 Å². The van der Waals surface area contributed by atoms with Crippen LogP contribution in [0.3, 0.4) is 0 Å². The number of H-pyrrole nitrogens is 1. The molecule has 1 fully saturated rings. The number of rotatable bonds is 3. The van der Waals surface area contributed by atoms with Crippen molar-refractivity contribution in [1.29, 1.82) is 0 Å². The molecule has 6 nitrogen and oxygen atoms in total. The first-order valence-corrected chi connectivity index (χ1v) is 10.1. The van der Waals surface area contributed by atoms with Gasteiger partial charge in [0.25, 0.3) is 5.56 Å². The topological polar surface area (TPSA) is 65.1 Å². The maximum absolute atomic E-state index is 12.5. The van der Waals surface area contributed by atoms with Gasteiger partial charge in [-0.25, -0.2) is 9.97 Å². The van der Waals surface area contributed by atoms with Crippen molar-refractivity contribution in [2.75, 3.05) is 31.1 Å². The summed E-state index contributed by atoms with van der Waals surface area (Å²) in [6, 6.07) is 0.0956. The van der Waals surface area contributed by atoms with Gasteiger partial charge in [0.05, 0.1) is 11.4 Å². The van der Waals surface area contributed by atoms with Crippen molar-refractivity contribution < 1.29 is 0 Å². The third-order valence-electron chi connectivity index (χ3n) is 5.00. The molecule has 0 aromatic carbocycles. The molecule has 0 unspecified atom stereocenters. The van der Waals surface area contributed by atoms with Crippen LogP contribution in [0.1, 0.15) is 29.2 Å². The van der Waals surface area contributed by atoms with E-state index < -0.39 is 0 Å². The molecule has 132 valence electrons. The largest absolute Gasteiger partial charge is 0.346 e. The van der Waals surface area contributed by atoms with E-state index in [1.165, 1.54) is 0 Å². The van der Waals surface area contributed by atoms with Gasteiger partial charge in [-0.1, -0.05) is 0 Å². The first-order valence-electron chi connectivity index (χ1n) is 8.43. The molecule has 0 amide bonds. The van der Waals surface area contributed by atoms with Crippen LogP contribution >= 0.6 is 22.7 Å². The Hall–Kier alpha value is -1.77. The van der Waals surface area contributed by atoms with Crippen molar-refractivity contribution in [3.63, 3.8) is 0 Å². The van der Waals surface area contributed by atoms with E-state index in [1.807, 2.05) is 25.4 Å². The highest BCUT2D eigenvalue weighted by Gasteiger charge is 2.25. The number of thiophene rings is 1. The van der Waals surface area contributed by atoms with Crippen LogP contribution in [-0.4, -0.2) is 46.0 Å². The van der Waals surface area contributed by atoms with Crippen molar-refractivity contribution in [3.05, 3.63) is 38.2 Å². The van der Waals surface area contributed by atoms with Gasteiger partial charge in [-0.05, 0) is 26.3 Å². The first kappa shape index (κ1) is 16.7. The number of nitrogens with one attached hydrogen (secondary N) is 1. The lowest BCUT2D eigenvalue weighted by molar-refractivity contribution is 0.192. The summed E-state index contributed by atoms with van der Waals surface area (Å²) >= 11 is 3.29. The molecule has 1 aliphatic heterocycles. The van der Waals surface area contributed by atoms with Crippen LogP contribution < -0.4 is 10.5 Å². The third-order valence-corrected chi connectivity index (χ3v) is 6.94. The monoisotopic (exact) mass is 375 g/mol. The van der Waals surface area contributed by atoms with Crippen LogP contribution in [0.4, 0.5) is 5.13 Å². The summed E-state index contributed by atoms with van der Waals surface area (Å²) in [7, 11) is 0. The Kier molecular flexibility index (Phi) is 4.35. The van der Waals surface area contributed by atoms with Crippen LogP contribution in [-0.2, 0) is 0 Å². The van der Waals surface area contributed by atoms with Crippen molar-refractivity contribution in [2.45, 2.75) is 26.8 Å². The normalized spacial score (nSPS) is 17.3. The fourth-order valence-electron chi connectivity index (χ4n) is 3.31. The molecule has 4 heterocycles. The maximum atomic E-state index is 12.5. The number of aromatic amines is 1. The average Bonchev–Trinajstić information content (AvgIpc) is 3.23. The van der Waals surface area contributed by atoms with E-state index in [-0.39, 0.29) is 11.6 Å². The number of aryl methyl sites for hydroxylation is 2. The summed E-state index contributed by atoms with van der Waals surface area (Å²) in [6.07, 6.45) is 1.85. The highest BCUT2D eigenvalue weighted by Crippen LogP contribution is 2.28. The van der Waals surface area contributed by atoms with Crippen LogP contribution in [0.2, 0.25) is 0 Å². The van der Waals surface area contributed by atoms with Crippen LogP contribution in [0, 0.1) is 13.8 Å². The Morgan fingerprint density at radius 2 is 2.00 bits per heavy atom. The molecule has 0 spiro atoms. The number of hydrogen-bond donors (Lipinski definition) is 1. The number of fused-ring (bicyclic) bond motifs is 1. The molecule has 1 saturated heterocycles. The van der Waals surface area contributed by atoms with Crippen LogP contribution in [0.5, 0.6) is 0 Å². The highest BCUT2D eigenvalue weighted by molar-refractivity contribution is 7.18. The van der Waals surface area contributed by atoms with Gasteiger partial charge in [-0.15, -0.1) is 22.7 Å². The lowest BCUT2D eigenvalue weighted by Crippen LogP contribution is -2.47. The zero-order valence-corrected chi connectivity index (χ0v) is 16.2. The summed E-state index contributed by atoms with van der Waals surface area (Å²) in [4.78, 5) is 31.4. The Morgan fingerprint density at radius 1 is 1.24 bits per heavy atom. The van der Waals surface area contributed by atoms with E-state index >= 15 is 0 Å². The number of thiazole rings is 1. The van der Waals surface area contributed by atoms with E-state index in [0.29, 0.717) is 0 Å². The zero-order valence-electron chi connectivity index (χ0n) is 14.6. The third kappa shape index (κ3) is 2.98. The van der Waals surface area contributed by atoms with Gasteiger partial charge in [0.2, 0.25) is 0 Å². The van der Waals surface area contributed by atoms with Crippen molar-refractivity contribution in [2.24, 2.45) is 0 Å². The predicted molar refractivity (Wildman–Crippen MR) is 104 cm³/mol. The van der Waals surface area contributed by atoms with Gasteiger partial charge < -0.3 is 9.88 Å².